The predicted octanol–water partition coefficient (Wildman–Crippen LogP) is 1.30. The molecule has 0 bridgehead atoms. The minimum atomic E-state index is -1.54. The van der Waals surface area contributed by atoms with Crippen molar-refractivity contribution >= 4 is 47.3 Å². The molecule has 14 nitrogen and oxygen atoms in total. The number of hydrogen-bond acceptors (Lipinski definition) is 9. The second kappa shape index (κ2) is 20.4. The van der Waals surface area contributed by atoms with Crippen LogP contribution >= 0.6 is 11.8 Å². The van der Waals surface area contributed by atoms with Crippen LogP contribution in [-0.2, 0) is 45.9 Å². The molecule has 1 heterocycles. The lowest BCUT2D eigenvalue weighted by atomic mass is 9.98. The van der Waals surface area contributed by atoms with Crippen molar-refractivity contribution in [3.8, 4) is 0 Å². The summed E-state index contributed by atoms with van der Waals surface area (Å²) >= 11 is 1.35. The third kappa shape index (κ3) is 12.7. The predicted molar refractivity (Wildman–Crippen MR) is 193 cm³/mol. The van der Waals surface area contributed by atoms with Crippen molar-refractivity contribution in [2.75, 3.05) is 12.3 Å². The van der Waals surface area contributed by atoms with E-state index >= 15 is 0 Å². The van der Waals surface area contributed by atoms with E-state index in [1.807, 2.05) is 67.6 Å². The number of amides is 5. The Labute approximate surface area is 302 Å². The Balaban J connectivity index is 1.83. The number of nitrogens with zero attached hydrogens (tertiary/aromatic N) is 1. The van der Waals surface area contributed by atoms with E-state index in [0.29, 0.717) is 18.6 Å². The van der Waals surface area contributed by atoms with E-state index < -0.39 is 78.2 Å². The van der Waals surface area contributed by atoms with Gasteiger partial charge in [0.2, 0.25) is 29.5 Å². The zero-order chi connectivity index (χ0) is 37.5. The fraction of sp³-hybridized carbons (Fsp3) is 0.500. The van der Waals surface area contributed by atoms with Crippen molar-refractivity contribution < 1.29 is 38.6 Å². The third-order valence-corrected chi connectivity index (χ3v) is 9.94. The molecule has 8 N–H and O–H groups in total. The summed E-state index contributed by atoms with van der Waals surface area (Å²) in [6, 6.07) is 12.6. The van der Waals surface area contributed by atoms with Gasteiger partial charge in [0, 0.05) is 18.1 Å². The van der Waals surface area contributed by atoms with Gasteiger partial charge in [-0.2, -0.15) is 11.8 Å². The molecular formula is C36H50N6O8S. The van der Waals surface area contributed by atoms with Crippen LogP contribution in [0.25, 0.3) is 0 Å². The quantitative estimate of drug-likeness (QED) is 0.115. The Morgan fingerprint density at radius 1 is 0.902 bits per heavy atom. The number of ether oxygens (including phenoxy) is 1. The zero-order valence-corrected chi connectivity index (χ0v) is 30.1. The first-order valence-corrected chi connectivity index (χ1v) is 18.2. The number of rotatable bonds is 20. The van der Waals surface area contributed by atoms with Crippen molar-refractivity contribution in [1.29, 1.82) is 0 Å². The van der Waals surface area contributed by atoms with Gasteiger partial charge in [-0.05, 0) is 36.8 Å². The second-order valence-corrected chi connectivity index (χ2v) is 13.8. The van der Waals surface area contributed by atoms with E-state index in [0.717, 1.165) is 11.1 Å². The molecule has 3 rings (SSSR count). The number of carboxylic acid groups (broad SMARTS) is 1. The van der Waals surface area contributed by atoms with Crippen LogP contribution in [0.1, 0.15) is 57.6 Å². The number of benzene rings is 2. The van der Waals surface area contributed by atoms with E-state index in [1.165, 1.54) is 16.7 Å². The summed E-state index contributed by atoms with van der Waals surface area (Å²) in [6.07, 6.45) is -0.164. The summed E-state index contributed by atoms with van der Waals surface area (Å²) in [5, 5.41) is 17.5. The Morgan fingerprint density at radius 2 is 1.51 bits per heavy atom. The zero-order valence-electron chi connectivity index (χ0n) is 29.3. The van der Waals surface area contributed by atoms with Crippen molar-refractivity contribution in [2.45, 2.75) is 95.1 Å². The Bertz CT molecular complexity index is 1480. The molecule has 15 heteroatoms. The molecule has 1 aliphatic heterocycles. The minimum absolute atomic E-state index is 0.0795. The summed E-state index contributed by atoms with van der Waals surface area (Å²) < 4.78 is 5.96. The highest BCUT2D eigenvalue weighted by atomic mass is 32.2. The van der Waals surface area contributed by atoms with Crippen LogP contribution in [0.2, 0.25) is 0 Å². The lowest BCUT2D eigenvalue weighted by Crippen LogP contribution is -2.61. The maximum absolute atomic E-state index is 13.8. The number of nitrogens with two attached hydrogens (primary N) is 2. The van der Waals surface area contributed by atoms with Crippen LogP contribution in [-0.4, -0.2) is 94.1 Å². The monoisotopic (exact) mass is 726 g/mol. The van der Waals surface area contributed by atoms with E-state index in [4.69, 9.17) is 16.2 Å². The molecule has 0 unspecified atom stereocenters. The van der Waals surface area contributed by atoms with Crippen LogP contribution in [0.4, 0.5) is 0 Å². The minimum Gasteiger partial charge on any atom is -0.480 e. The first-order valence-electron chi connectivity index (χ1n) is 17.1. The van der Waals surface area contributed by atoms with Gasteiger partial charge in [-0.3, -0.25) is 24.0 Å². The van der Waals surface area contributed by atoms with Crippen molar-refractivity contribution in [2.24, 2.45) is 17.4 Å². The third-order valence-electron chi connectivity index (χ3n) is 8.83. The highest BCUT2D eigenvalue weighted by Gasteiger charge is 2.39. The number of thioether (sulfide) groups is 1. The smallest absolute Gasteiger partial charge is 0.326 e. The largest absolute Gasteiger partial charge is 0.480 e. The maximum Gasteiger partial charge on any atom is 0.326 e. The van der Waals surface area contributed by atoms with E-state index in [-0.39, 0.29) is 31.2 Å². The molecular weight excluding hydrogens is 676 g/mol. The van der Waals surface area contributed by atoms with Crippen LogP contribution in [0, 0.1) is 5.92 Å². The Hall–Kier alpha value is -4.47. The van der Waals surface area contributed by atoms with E-state index in [2.05, 4.69) is 16.0 Å². The van der Waals surface area contributed by atoms with Crippen molar-refractivity contribution in [3.63, 3.8) is 0 Å². The molecule has 0 radical (unpaired) electrons. The molecule has 0 aliphatic carbocycles. The number of hydrogen-bond donors (Lipinski definition) is 6. The molecule has 2 aromatic carbocycles. The van der Waals surface area contributed by atoms with Crippen LogP contribution in [0.3, 0.4) is 0 Å². The summed E-state index contributed by atoms with van der Waals surface area (Å²) in [5.41, 5.74) is 13.4. The lowest BCUT2D eigenvalue weighted by Gasteiger charge is -2.30. The summed E-state index contributed by atoms with van der Waals surface area (Å²) in [6.45, 7) is 5.58. The molecule has 1 fully saturated rings. The standard InChI is InChI=1S/C36H50N6O8S/c1-4-22(2)30(38)33(45)41-31(23(3)50-19-24-12-7-5-8-13-24)34(46)39-26(18-29(37)43)32(44)40-27(21-51-20-25-14-9-6-10-15-25)35(47)42-17-11-16-28(42)36(48)49/h5-10,12-15,22-23,26-28,30-31H,4,11,16-21,38H2,1-3H3,(H2,37,43)(H,39,46)(H,40,44)(H,41,45)(H,48,49)/t22-,23+,26-,27-,28-,30-,31-/m0/s1. The van der Waals surface area contributed by atoms with Crippen molar-refractivity contribution in [1.82, 2.24) is 20.9 Å². The van der Waals surface area contributed by atoms with Gasteiger partial charge in [0.15, 0.2) is 0 Å². The molecule has 2 aromatic rings. The molecule has 0 spiro atoms. The molecule has 7 atom stereocenters. The molecule has 0 aromatic heterocycles. The van der Waals surface area contributed by atoms with Gasteiger partial charge in [-0.15, -0.1) is 0 Å². The van der Waals surface area contributed by atoms with Gasteiger partial charge in [-0.25, -0.2) is 4.79 Å². The summed E-state index contributed by atoms with van der Waals surface area (Å²) in [4.78, 5) is 79.8. The van der Waals surface area contributed by atoms with Crippen LogP contribution < -0.4 is 27.4 Å². The fourth-order valence-corrected chi connectivity index (χ4v) is 6.54. The average Bonchev–Trinajstić information content (AvgIpc) is 3.62. The number of likely N-dealkylation sites (tertiary alicyclic amines) is 1. The van der Waals surface area contributed by atoms with Crippen LogP contribution in [0.15, 0.2) is 60.7 Å². The highest BCUT2D eigenvalue weighted by Crippen LogP contribution is 2.21. The van der Waals surface area contributed by atoms with Gasteiger partial charge in [0.05, 0.1) is 25.2 Å². The van der Waals surface area contributed by atoms with Gasteiger partial charge in [-0.1, -0.05) is 80.9 Å². The molecule has 51 heavy (non-hydrogen) atoms. The topological polar surface area (TPSA) is 223 Å². The highest BCUT2D eigenvalue weighted by molar-refractivity contribution is 7.98. The fourth-order valence-electron chi connectivity index (χ4n) is 5.53. The van der Waals surface area contributed by atoms with Crippen LogP contribution in [0.5, 0.6) is 0 Å². The lowest BCUT2D eigenvalue weighted by molar-refractivity contribution is -0.149. The van der Waals surface area contributed by atoms with Gasteiger partial charge < -0.3 is 42.2 Å². The number of nitrogens with one attached hydrogen (secondary N) is 3. The molecule has 278 valence electrons. The number of carbonyl (C=O) groups excluding carboxylic acids is 5. The summed E-state index contributed by atoms with van der Waals surface area (Å²) in [5.74, 6) is -4.59. The van der Waals surface area contributed by atoms with Gasteiger partial charge in [0.25, 0.3) is 0 Å². The normalized spacial score (nSPS) is 17.6. The molecule has 0 saturated carbocycles. The number of aliphatic carboxylic acids is 1. The Kier molecular flexibility index (Phi) is 16.4. The molecule has 5 amide bonds. The number of primary amides is 1. The van der Waals surface area contributed by atoms with E-state index in [9.17, 15) is 33.9 Å². The molecule has 1 saturated heterocycles. The average molecular weight is 727 g/mol. The first kappa shape index (κ1) is 41.0. The number of carbonyl (C=O) groups is 6. The Morgan fingerprint density at radius 3 is 2.10 bits per heavy atom. The molecule has 1 aliphatic rings. The number of carboxylic acids is 1. The summed E-state index contributed by atoms with van der Waals surface area (Å²) in [7, 11) is 0. The SMILES string of the molecule is CC[C@H](C)[C@H](N)C(=O)N[C@H](C(=O)N[C@@H](CC(N)=O)C(=O)N[C@@H](CSCc1ccccc1)C(=O)N1CCC[C@H]1C(=O)O)[C@@H](C)OCc1ccccc1. The second-order valence-electron chi connectivity index (χ2n) is 12.7. The first-order chi connectivity index (χ1) is 24.3. The van der Waals surface area contributed by atoms with Crippen molar-refractivity contribution in [3.05, 3.63) is 71.8 Å². The van der Waals surface area contributed by atoms with Gasteiger partial charge >= 0.3 is 5.97 Å². The maximum atomic E-state index is 13.8. The van der Waals surface area contributed by atoms with E-state index in [1.54, 1.807) is 13.8 Å². The van der Waals surface area contributed by atoms with Gasteiger partial charge in [0.1, 0.15) is 24.2 Å².